The second-order valence-corrected chi connectivity index (χ2v) is 3.71. The van der Waals surface area contributed by atoms with E-state index in [1.807, 2.05) is 12.1 Å². The third kappa shape index (κ3) is 4.27. The first-order chi connectivity index (χ1) is 8.26. The lowest BCUT2D eigenvalue weighted by atomic mass is 10.1. The van der Waals surface area contributed by atoms with Crippen molar-refractivity contribution in [1.29, 1.82) is 0 Å². The summed E-state index contributed by atoms with van der Waals surface area (Å²) in [6, 6.07) is 3.92. The molecule has 0 saturated carbocycles. The Balaban J connectivity index is 0.00000289. The van der Waals surface area contributed by atoms with Crippen molar-refractivity contribution >= 4 is 12.4 Å². The molecule has 0 aliphatic heterocycles. The first kappa shape index (κ1) is 16.9. The molecule has 18 heavy (non-hydrogen) atoms. The van der Waals surface area contributed by atoms with Gasteiger partial charge >= 0.3 is 0 Å². The number of halogens is 1. The van der Waals surface area contributed by atoms with Crippen molar-refractivity contribution in [2.24, 2.45) is 0 Å². The molecule has 4 nitrogen and oxygen atoms in total. The van der Waals surface area contributed by atoms with Crippen molar-refractivity contribution in [1.82, 2.24) is 5.32 Å². The first-order valence-electron chi connectivity index (χ1n) is 5.76. The van der Waals surface area contributed by atoms with E-state index in [0.717, 1.165) is 25.1 Å². The third-order valence-corrected chi connectivity index (χ3v) is 2.48. The smallest absolute Gasteiger partial charge is 0.203 e. The van der Waals surface area contributed by atoms with Crippen molar-refractivity contribution in [2.45, 2.75) is 19.9 Å². The van der Waals surface area contributed by atoms with E-state index in [1.165, 1.54) is 0 Å². The van der Waals surface area contributed by atoms with Gasteiger partial charge in [0.05, 0.1) is 21.3 Å². The van der Waals surface area contributed by atoms with Crippen LogP contribution >= 0.6 is 12.4 Å². The van der Waals surface area contributed by atoms with Crippen LogP contribution in [0.5, 0.6) is 17.2 Å². The zero-order valence-corrected chi connectivity index (χ0v) is 12.2. The maximum atomic E-state index is 5.29. The fourth-order valence-corrected chi connectivity index (χ4v) is 1.65. The molecular formula is C13H22ClNO3. The zero-order valence-electron chi connectivity index (χ0n) is 11.4. The fourth-order valence-electron chi connectivity index (χ4n) is 1.65. The van der Waals surface area contributed by atoms with Crippen molar-refractivity contribution in [3.8, 4) is 17.2 Å². The van der Waals surface area contributed by atoms with Gasteiger partial charge in [-0.05, 0) is 30.7 Å². The van der Waals surface area contributed by atoms with Crippen LogP contribution in [0.15, 0.2) is 12.1 Å². The van der Waals surface area contributed by atoms with Gasteiger partial charge in [-0.2, -0.15) is 0 Å². The Bertz CT molecular complexity index is 333. The monoisotopic (exact) mass is 275 g/mol. The minimum absolute atomic E-state index is 0. The first-order valence-corrected chi connectivity index (χ1v) is 5.76. The summed E-state index contributed by atoms with van der Waals surface area (Å²) in [5.74, 6) is 2.02. The van der Waals surface area contributed by atoms with Gasteiger partial charge in [-0.25, -0.2) is 0 Å². The highest BCUT2D eigenvalue weighted by Crippen LogP contribution is 2.38. The average Bonchev–Trinajstić information content (AvgIpc) is 2.37. The summed E-state index contributed by atoms with van der Waals surface area (Å²) in [5, 5.41) is 3.34. The summed E-state index contributed by atoms with van der Waals surface area (Å²) >= 11 is 0. The molecule has 0 unspecified atom stereocenters. The Labute approximate surface area is 115 Å². The number of hydrogen-bond acceptors (Lipinski definition) is 4. The number of ether oxygens (including phenoxy) is 3. The lowest BCUT2D eigenvalue weighted by molar-refractivity contribution is 0.323. The minimum Gasteiger partial charge on any atom is -0.493 e. The summed E-state index contributed by atoms with van der Waals surface area (Å²) in [6.45, 7) is 3.93. The molecule has 5 heteroatoms. The van der Waals surface area contributed by atoms with Crippen LogP contribution in [0.1, 0.15) is 18.9 Å². The quantitative estimate of drug-likeness (QED) is 0.777. The standard InChI is InChI=1S/C13H21NO3.ClH/c1-5-6-14-9-10-7-11(15-2)13(17-4)12(8-10)16-3;/h7-8,14H,5-6,9H2,1-4H3;1H. The highest BCUT2D eigenvalue weighted by molar-refractivity contribution is 5.85. The maximum absolute atomic E-state index is 5.29. The lowest BCUT2D eigenvalue weighted by Crippen LogP contribution is -2.14. The minimum atomic E-state index is 0. The Morgan fingerprint density at radius 3 is 1.94 bits per heavy atom. The Morgan fingerprint density at radius 2 is 1.56 bits per heavy atom. The molecule has 0 saturated heterocycles. The summed E-state index contributed by atoms with van der Waals surface area (Å²) in [6.07, 6.45) is 1.12. The van der Waals surface area contributed by atoms with Gasteiger partial charge in [0.15, 0.2) is 11.5 Å². The van der Waals surface area contributed by atoms with Crippen LogP contribution in [0.2, 0.25) is 0 Å². The average molecular weight is 276 g/mol. The molecule has 0 aromatic heterocycles. The molecule has 1 aromatic carbocycles. The van der Waals surface area contributed by atoms with Crippen molar-refractivity contribution in [2.75, 3.05) is 27.9 Å². The highest BCUT2D eigenvalue weighted by Gasteiger charge is 2.12. The SMILES string of the molecule is CCCNCc1cc(OC)c(OC)c(OC)c1.Cl. The van der Waals surface area contributed by atoms with Gasteiger partial charge in [-0.3, -0.25) is 0 Å². The predicted octanol–water partition coefficient (Wildman–Crippen LogP) is 2.63. The van der Waals surface area contributed by atoms with E-state index in [1.54, 1.807) is 21.3 Å². The molecule has 1 N–H and O–H groups in total. The number of benzene rings is 1. The van der Waals surface area contributed by atoms with Crippen molar-refractivity contribution in [3.05, 3.63) is 17.7 Å². The van der Waals surface area contributed by atoms with Crippen LogP contribution in [-0.2, 0) is 6.54 Å². The van der Waals surface area contributed by atoms with E-state index in [2.05, 4.69) is 12.2 Å². The predicted molar refractivity (Wildman–Crippen MR) is 75.3 cm³/mol. The molecule has 104 valence electrons. The van der Waals surface area contributed by atoms with E-state index >= 15 is 0 Å². The van der Waals surface area contributed by atoms with Gasteiger partial charge in [0.2, 0.25) is 5.75 Å². The molecule has 0 fully saturated rings. The molecule has 0 bridgehead atoms. The maximum Gasteiger partial charge on any atom is 0.203 e. The van der Waals surface area contributed by atoms with Crippen molar-refractivity contribution < 1.29 is 14.2 Å². The van der Waals surface area contributed by atoms with Crippen LogP contribution < -0.4 is 19.5 Å². The van der Waals surface area contributed by atoms with E-state index < -0.39 is 0 Å². The summed E-state index contributed by atoms with van der Waals surface area (Å²) in [4.78, 5) is 0. The lowest BCUT2D eigenvalue weighted by Gasteiger charge is -2.14. The van der Waals surface area contributed by atoms with E-state index in [-0.39, 0.29) is 12.4 Å². The zero-order chi connectivity index (χ0) is 12.7. The fraction of sp³-hybridized carbons (Fsp3) is 0.538. The Morgan fingerprint density at radius 1 is 1.00 bits per heavy atom. The van der Waals surface area contributed by atoms with E-state index in [4.69, 9.17) is 14.2 Å². The number of rotatable bonds is 7. The second kappa shape index (κ2) is 8.89. The van der Waals surface area contributed by atoms with Gasteiger partial charge in [0.25, 0.3) is 0 Å². The number of nitrogens with one attached hydrogen (secondary N) is 1. The molecule has 1 aromatic rings. The Kier molecular flexibility index (Phi) is 8.33. The largest absolute Gasteiger partial charge is 0.493 e. The second-order valence-electron chi connectivity index (χ2n) is 3.71. The molecule has 0 aliphatic rings. The molecule has 0 amide bonds. The highest BCUT2D eigenvalue weighted by atomic mass is 35.5. The molecule has 0 heterocycles. The molecule has 0 radical (unpaired) electrons. The van der Waals surface area contributed by atoms with Gasteiger partial charge in [0, 0.05) is 6.54 Å². The van der Waals surface area contributed by atoms with E-state index in [0.29, 0.717) is 17.2 Å². The molecular weight excluding hydrogens is 254 g/mol. The molecule has 1 rings (SSSR count). The van der Waals surface area contributed by atoms with Crippen LogP contribution in [0, 0.1) is 0 Å². The Hall–Kier alpha value is -1.13. The van der Waals surface area contributed by atoms with E-state index in [9.17, 15) is 0 Å². The summed E-state index contributed by atoms with van der Waals surface area (Å²) < 4.78 is 15.9. The van der Waals surface area contributed by atoms with Crippen LogP contribution in [0.4, 0.5) is 0 Å². The number of hydrogen-bond donors (Lipinski definition) is 1. The van der Waals surface area contributed by atoms with Gasteiger partial charge < -0.3 is 19.5 Å². The molecule has 0 aliphatic carbocycles. The molecule has 0 atom stereocenters. The van der Waals surface area contributed by atoms with Crippen molar-refractivity contribution in [3.63, 3.8) is 0 Å². The van der Waals surface area contributed by atoms with Crippen LogP contribution in [0.3, 0.4) is 0 Å². The third-order valence-electron chi connectivity index (χ3n) is 2.48. The molecule has 0 spiro atoms. The van der Waals surface area contributed by atoms with Gasteiger partial charge in [-0.1, -0.05) is 6.92 Å². The van der Waals surface area contributed by atoms with Crippen LogP contribution in [-0.4, -0.2) is 27.9 Å². The van der Waals surface area contributed by atoms with Gasteiger partial charge in [0.1, 0.15) is 0 Å². The topological polar surface area (TPSA) is 39.7 Å². The van der Waals surface area contributed by atoms with Gasteiger partial charge in [-0.15, -0.1) is 12.4 Å². The number of methoxy groups -OCH3 is 3. The van der Waals surface area contributed by atoms with Crippen LogP contribution in [0.25, 0.3) is 0 Å². The summed E-state index contributed by atoms with van der Waals surface area (Å²) in [7, 11) is 4.86. The normalized spacial score (nSPS) is 9.56. The summed E-state index contributed by atoms with van der Waals surface area (Å²) in [5.41, 5.74) is 1.12.